The molecule has 33 heavy (non-hydrogen) atoms. The number of anilines is 1. The summed E-state index contributed by atoms with van der Waals surface area (Å²) in [6, 6.07) is 12.2. The van der Waals surface area contributed by atoms with E-state index < -0.39 is 29.3 Å². The van der Waals surface area contributed by atoms with Crippen molar-refractivity contribution in [3.8, 4) is 11.5 Å². The van der Waals surface area contributed by atoms with Crippen molar-refractivity contribution in [2.75, 3.05) is 19.1 Å². The van der Waals surface area contributed by atoms with Gasteiger partial charge in [0.2, 0.25) is 0 Å². The van der Waals surface area contributed by atoms with E-state index in [4.69, 9.17) is 21.1 Å². The number of carbonyl (C=O) groups is 2. The number of aliphatic hydroxyl groups excluding tert-OH is 1. The Morgan fingerprint density at radius 3 is 2.45 bits per heavy atom. The van der Waals surface area contributed by atoms with Gasteiger partial charge in [0.15, 0.2) is 11.5 Å². The van der Waals surface area contributed by atoms with Gasteiger partial charge in [0, 0.05) is 17.4 Å². The first-order chi connectivity index (χ1) is 15.9. The SMILES string of the molecule is COc1ccc(/C(O)=C2\C(=O)C(=O)N(c3ccc(F)c(Cl)c3)C2c2ccccn2)cc1OC. The minimum Gasteiger partial charge on any atom is -0.507 e. The van der Waals surface area contributed by atoms with E-state index in [0.29, 0.717) is 17.2 Å². The number of nitrogens with zero attached hydrogens (tertiary/aromatic N) is 2. The lowest BCUT2D eigenvalue weighted by Crippen LogP contribution is -2.29. The van der Waals surface area contributed by atoms with Gasteiger partial charge in [0.1, 0.15) is 17.6 Å². The van der Waals surface area contributed by atoms with Gasteiger partial charge in [-0.3, -0.25) is 19.5 Å². The van der Waals surface area contributed by atoms with Crippen LogP contribution in [0.15, 0.2) is 66.4 Å². The van der Waals surface area contributed by atoms with Crippen molar-refractivity contribution < 1.29 is 28.6 Å². The smallest absolute Gasteiger partial charge is 0.300 e. The number of rotatable bonds is 5. The highest BCUT2D eigenvalue weighted by Gasteiger charge is 2.47. The van der Waals surface area contributed by atoms with Gasteiger partial charge >= 0.3 is 0 Å². The average Bonchev–Trinajstić information content (AvgIpc) is 3.10. The molecule has 0 saturated carbocycles. The molecule has 2 heterocycles. The second-order valence-corrected chi connectivity index (χ2v) is 7.50. The summed E-state index contributed by atoms with van der Waals surface area (Å²) in [4.78, 5) is 31.6. The molecule has 3 aromatic rings. The summed E-state index contributed by atoms with van der Waals surface area (Å²) >= 11 is 5.93. The van der Waals surface area contributed by atoms with E-state index in [0.717, 1.165) is 11.0 Å². The zero-order chi connectivity index (χ0) is 23.7. The Kier molecular flexibility index (Phi) is 6.02. The number of ketones is 1. The first kappa shape index (κ1) is 22.3. The molecule has 0 aliphatic carbocycles. The minimum absolute atomic E-state index is 0.175. The number of ether oxygens (including phenoxy) is 2. The van der Waals surface area contributed by atoms with Crippen molar-refractivity contribution >= 4 is 34.7 Å². The number of hydrogen-bond acceptors (Lipinski definition) is 6. The largest absolute Gasteiger partial charge is 0.507 e. The summed E-state index contributed by atoms with van der Waals surface area (Å²) < 4.78 is 24.2. The molecule has 1 aromatic heterocycles. The number of pyridine rings is 1. The summed E-state index contributed by atoms with van der Waals surface area (Å²) in [5.74, 6) is -2.15. The van der Waals surface area contributed by atoms with Gasteiger partial charge in [-0.05, 0) is 48.5 Å². The van der Waals surface area contributed by atoms with E-state index in [-0.39, 0.29) is 21.8 Å². The number of amides is 1. The van der Waals surface area contributed by atoms with Gasteiger partial charge in [0.25, 0.3) is 11.7 Å². The maximum Gasteiger partial charge on any atom is 0.300 e. The summed E-state index contributed by atoms with van der Waals surface area (Å²) in [6.07, 6.45) is 1.50. The first-order valence-corrected chi connectivity index (χ1v) is 10.1. The Balaban J connectivity index is 1.94. The lowest BCUT2D eigenvalue weighted by atomic mass is 9.98. The third-order valence-corrected chi connectivity index (χ3v) is 5.54. The standard InChI is InChI=1S/C24H18ClFN2O5/c1-32-18-9-6-13(11-19(18)33-2)22(29)20-21(17-5-3-4-10-27-17)28(24(31)23(20)30)14-7-8-16(26)15(25)12-14/h3-12,21,29H,1-2H3/b22-20+. The molecule has 168 valence electrons. The summed E-state index contributed by atoms with van der Waals surface area (Å²) in [5, 5.41) is 10.9. The van der Waals surface area contributed by atoms with Gasteiger partial charge in [-0.25, -0.2) is 4.39 Å². The summed E-state index contributed by atoms with van der Waals surface area (Å²) in [5.41, 5.74) is 0.583. The third-order valence-electron chi connectivity index (χ3n) is 5.25. The van der Waals surface area contributed by atoms with Crippen LogP contribution in [-0.2, 0) is 9.59 Å². The zero-order valence-electron chi connectivity index (χ0n) is 17.6. The van der Waals surface area contributed by atoms with Gasteiger partial charge in [0.05, 0.1) is 30.5 Å². The minimum atomic E-state index is -1.07. The summed E-state index contributed by atoms with van der Waals surface area (Å²) in [6.45, 7) is 0. The van der Waals surface area contributed by atoms with E-state index in [1.165, 1.54) is 44.7 Å². The van der Waals surface area contributed by atoms with E-state index >= 15 is 0 Å². The number of carbonyl (C=O) groups excluding carboxylic acids is 2. The van der Waals surface area contributed by atoms with Gasteiger partial charge in [-0.2, -0.15) is 0 Å². The Labute approximate surface area is 193 Å². The molecule has 0 bridgehead atoms. The molecular weight excluding hydrogens is 451 g/mol. The van der Waals surface area contributed by atoms with Crippen LogP contribution in [0, 0.1) is 5.82 Å². The molecule has 9 heteroatoms. The van der Waals surface area contributed by atoms with E-state index in [2.05, 4.69) is 4.98 Å². The lowest BCUT2D eigenvalue weighted by Gasteiger charge is -2.24. The van der Waals surface area contributed by atoms with Crippen LogP contribution in [0.3, 0.4) is 0 Å². The molecule has 1 N–H and O–H groups in total. The second kappa shape index (κ2) is 8.91. The fourth-order valence-electron chi connectivity index (χ4n) is 3.69. The molecule has 1 aliphatic heterocycles. The van der Waals surface area contributed by atoms with Gasteiger partial charge in [-0.15, -0.1) is 0 Å². The molecule has 1 atom stereocenters. The molecule has 1 unspecified atom stereocenters. The molecule has 1 fully saturated rings. The number of aromatic nitrogens is 1. The van der Waals surface area contributed by atoms with Crippen LogP contribution in [0.25, 0.3) is 5.76 Å². The number of Topliss-reactive ketones (excluding diaryl/α,β-unsaturated/α-hetero) is 1. The lowest BCUT2D eigenvalue weighted by molar-refractivity contribution is -0.132. The molecule has 2 aromatic carbocycles. The van der Waals surface area contributed by atoms with Crippen molar-refractivity contribution in [3.05, 3.63) is 88.5 Å². The Hall–Kier alpha value is -3.91. The van der Waals surface area contributed by atoms with Crippen LogP contribution in [0.2, 0.25) is 5.02 Å². The number of hydrogen-bond donors (Lipinski definition) is 1. The maximum absolute atomic E-state index is 13.8. The Bertz CT molecular complexity index is 1280. The highest BCUT2D eigenvalue weighted by atomic mass is 35.5. The second-order valence-electron chi connectivity index (χ2n) is 7.09. The van der Waals surface area contributed by atoms with Crippen molar-refractivity contribution in [3.63, 3.8) is 0 Å². The molecular formula is C24H18ClFN2O5. The van der Waals surface area contributed by atoms with E-state index in [9.17, 15) is 19.1 Å². The Morgan fingerprint density at radius 2 is 1.82 bits per heavy atom. The Morgan fingerprint density at radius 1 is 1.06 bits per heavy atom. The topological polar surface area (TPSA) is 89.0 Å². The van der Waals surface area contributed by atoms with Crippen LogP contribution in [-0.4, -0.2) is 36.0 Å². The number of benzene rings is 2. The fraction of sp³-hybridized carbons (Fsp3) is 0.125. The normalized spacial score (nSPS) is 17.3. The quantitative estimate of drug-likeness (QED) is 0.336. The molecule has 0 spiro atoms. The monoisotopic (exact) mass is 468 g/mol. The van der Waals surface area contributed by atoms with Crippen LogP contribution >= 0.6 is 11.6 Å². The average molecular weight is 469 g/mol. The van der Waals surface area contributed by atoms with Crippen molar-refractivity contribution in [1.29, 1.82) is 0 Å². The third kappa shape index (κ3) is 3.89. The van der Waals surface area contributed by atoms with Crippen molar-refractivity contribution in [2.24, 2.45) is 0 Å². The maximum atomic E-state index is 13.8. The number of aliphatic hydroxyl groups is 1. The molecule has 7 nitrogen and oxygen atoms in total. The van der Waals surface area contributed by atoms with Crippen LogP contribution in [0.1, 0.15) is 17.3 Å². The van der Waals surface area contributed by atoms with Crippen LogP contribution in [0.5, 0.6) is 11.5 Å². The fourth-order valence-corrected chi connectivity index (χ4v) is 3.87. The highest BCUT2D eigenvalue weighted by molar-refractivity contribution is 6.51. The molecule has 1 saturated heterocycles. The van der Waals surface area contributed by atoms with E-state index in [1.54, 1.807) is 24.3 Å². The van der Waals surface area contributed by atoms with Gasteiger partial charge in [-0.1, -0.05) is 17.7 Å². The first-order valence-electron chi connectivity index (χ1n) is 9.76. The molecule has 0 radical (unpaired) electrons. The molecule has 4 rings (SSSR count). The predicted molar refractivity (Wildman–Crippen MR) is 120 cm³/mol. The van der Waals surface area contributed by atoms with E-state index in [1.807, 2.05) is 0 Å². The number of halogens is 2. The van der Waals surface area contributed by atoms with Crippen LogP contribution < -0.4 is 14.4 Å². The number of methoxy groups -OCH3 is 2. The van der Waals surface area contributed by atoms with Crippen LogP contribution in [0.4, 0.5) is 10.1 Å². The van der Waals surface area contributed by atoms with Gasteiger partial charge < -0.3 is 14.6 Å². The van der Waals surface area contributed by atoms with Crippen molar-refractivity contribution in [1.82, 2.24) is 4.98 Å². The highest BCUT2D eigenvalue weighted by Crippen LogP contribution is 2.43. The molecule has 1 amide bonds. The predicted octanol–water partition coefficient (Wildman–Crippen LogP) is 4.52. The van der Waals surface area contributed by atoms with Crippen molar-refractivity contribution in [2.45, 2.75) is 6.04 Å². The summed E-state index contributed by atoms with van der Waals surface area (Å²) in [7, 11) is 2.91. The molecule has 1 aliphatic rings. The zero-order valence-corrected chi connectivity index (χ0v) is 18.3.